The summed E-state index contributed by atoms with van der Waals surface area (Å²) in [6, 6.07) is 9.64. The maximum absolute atomic E-state index is 10.1. The van der Waals surface area contributed by atoms with Crippen molar-refractivity contribution in [3.05, 3.63) is 35.9 Å². The Kier molecular flexibility index (Phi) is 3.32. The fourth-order valence-corrected chi connectivity index (χ4v) is 1.29. The summed E-state index contributed by atoms with van der Waals surface area (Å²) in [7, 11) is 0. The molecule has 0 saturated heterocycles. The van der Waals surface area contributed by atoms with Crippen LogP contribution in [0.2, 0.25) is 0 Å². The number of benzene rings is 1. The van der Waals surface area contributed by atoms with E-state index in [1.165, 1.54) is 0 Å². The van der Waals surface area contributed by atoms with Crippen molar-refractivity contribution in [2.24, 2.45) is 0 Å². The molecule has 3 heteroatoms. The Morgan fingerprint density at radius 1 is 1.46 bits per heavy atom. The maximum Gasteiger partial charge on any atom is 0.294 e. The lowest BCUT2D eigenvalue weighted by Gasteiger charge is -2.19. The van der Waals surface area contributed by atoms with Crippen molar-refractivity contribution >= 4 is 18.1 Å². The fraction of sp³-hybridized carbons (Fsp3) is 0.300. The third-order valence-corrected chi connectivity index (χ3v) is 1.88. The largest absolute Gasteiger partial charge is 0.445 e. The molecular formula is C10H11ClO2. The van der Waals surface area contributed by atoms with Crippen LogP contribution in [0.25, 0.3) is 0 Å². The van der Waals surface area contributed by atoms with Gasteiger partial charge in [-0.25, -0.2) is 0 Å². The van der Waals surface area contributed by atoms with Crippen LogP contribution in [0.4, 0.5) is 0 Å². The Labute approximate surface area is 82.5 Å². The summed E-state index contributed by atoms with van der Waals surface area (Å²) in [6.07, 6.45) is 0.508. The lowest BCUT2D eigenvalue weighted by atomic mass is 10.1. The highest BCUT2D eigenvalue weighted by Crippen LogP contribution is 2.20. The molecule has 0 N–H and O–H groups in total. The molecule has 1 aromatic rings. The van der Waals surface area contributed by atoms with E-state index in [4.69, 9.17) is 16.3 Å². The molecule has 1 unspecified atom stereocenters. The Morgan fingerprint density at radius 2 is 2.08 bits per heavy atom. The van der Waals surface area contributed by atoms with Crippen molar-refractivity contribution in [2.75, 3.05) is 0 Å². The summed E-state index contributed by atoms with van der Waals surface area (Å²) in [6.45, 7) is 2.03. The van der Waals surface area contributed by atoms with E-state index in [-0.39, 0.29) is 0 Å². The second-order valence-electron chi connectivity index (χ2n) is 2.98. The topological polar surface area (TPSA) is 26.3 Å². The third-order valence-electron chi connectivity index (χ3n) is 1.66. The van der Waals surface area contributed by atoms with Gasteiger partial charge in [0.25, 0.3) is 6.47 Å². The zero-order chi connectivity index (χ0) is 9.73. The first-order valence-electron chi connectivity index (χ1n) is 3.98. The van der Waals surface area contributed by atoms with Gasteiger partial charge in [-0.2, -0.15) is 0 Å². The van der Waals surface area contributed by atoms with Crippen LogP contribution in [0.3, 0.4) is 0 Å². The van der Waals surface area contributed by atoms with Crippen molar-refractivity contribution in [1.82, 2.24) is 0 Å². The zero-order valence-electron chi connectivity index (χ0n) is 7.37. The first kappa shape index (κ1) is 10.1. The first-order valence-corrected chi connectivity index (χ1v) is 4.36. The number of carbonyl (C=O) groups is 1. The lowest BCUT2D eigenvalue weighted by molar-refractivity contribution is -0.135. The summed E-state index contributed by atoms with van der Waals surface area (Å²) in [5, 5.41) is -0.941. The standard InChI is InChI=1S/C10H11ClO2/c1-10(11,13-8-12)7-9-5-3-2-4-6-9/h2-6,8H,7H2,1H3. The maximum atomic E-state index is 10.1. The van der Waals surface area contributed by atoms with Gasteiger partial charge in [-0.15, -0.1) is 0 Å². The summed E-state index contributed by atoms with van der Waals surface area (Å²) in [5.41, 5.74) is 1.04. The van der Waals surface area contributed by atoms with Crippen molar-refractivity contribution < 1.29 is 9.53 Å². The number of carbonyl (C=O) groups excluding carboxylic acids is 1. The predicted molar refractivity (Wildman–Crippen MR) is 51.6 cm³/mol. The summed E-state index contributed by atoms with van der Waals surface area (Å²) >= 11 is 5.92. The van der Waals surface area contributed by atoms with E-state index in [1.54, 1.807) is 6.92 Å². The van der Waals surface area contributed by atoms with Gasteiger partial charge in [0.05, 0.1) is 0 Å². The third kappa shape index (κ3) is 3.47. The van der Waals surface area contributed by atoms with Crippen molar-refractivity contribution in [1.29, 1.82) is 0 Å². The van der Waals surface area contributed by atoms with Gasteiger partial charge in [0, 0.05) is 6.42 Å². The van der Waals surface area contributed by atoms with Crippen LogP contribution >= 0.6 is 11.6 Å². The number of alkyl halides is 1. The summed E-state index contributed by atoms with van der Waals surface area (Å²) < 4.78 is 4.72. The molecule has 0 amide bonds. The molecule has 0 radical (unpaired) electrons. The minimum atomic E-state index is -0.941. The van der Waals surface area contributed by atoms with E-state index >= 15 is 0 Å². The fourth-order valence-electron chi connectivity index (χ4n) is 1.10. The molecule has 0 saturated carbocycles. The zero-order valence-corrected chi connectivity index (χ0v) is 8.12. The number of ether oxygens (including phenoxy) is 1. The Bertz CT molecular complexity index is 270. The van der Waals surface area contributed by atoms with E-state index in [0.29, 0.717) is 12.9 Å². The highest BCUT2D eigenvalue weighted by Gasteiger charge is 2.21. The minimum Gasteiger partial charge on any atom is -0.445 e. The van der Waals surface area contributed by atoms with Crippen molar-refractivity contribution in [3.8, 4) is 0 Å². The van der Waals surface area contributed by atoms with Gasteiger partial charge in [-0.05, 0) is 12.5 Å². The number of hydrogen-bond acceptors (Lipinski definition) is 2. The van der Waals surface area contributed by atoms with Crippen LogP contribution in [0.1, 0.15) is 12.5 Å². The Hall–Kier alpha value is -1.02. The van der Waals surface area contributed by atoms with Gasteiger partial charge in [-0.3, -0.25) is 4.79 Å². The van der Waals surface area contributed by atoms with Crippen molar-refractivity contribution in [2.45, 2.75) is 18.4 Å². The highest BCUT2D eigenvalue weighted by atomic mass is 35.5. The van der Waals surface area contributed by atoms with E-state index in [0.717, 1.165) is 5.56 Å². The van der Waals surface area contributed by atoms with Gasteiger partial charge in [0.2, 0.25) is 0 Å². The van der Waals surface area contributed by atoms with E-state index in [2.05, 4.69) is 0 Å². The van der Waals surface area contributed by atoms with E-state index in [1.807, 2.05) is 30.3 Å². The molecule has 0 aromatic heterocycles. The van der Waals surface area contributed by atoms with Crippen LogP contribution in [-0.4, -0.2) is 11.5 Å². The molecule has 0 aliphatic carbocycles. The van der Waals surface area contributed by atoms with Crippen LogP contribution in [-0.2, 0) is 16.0 Å². The average Bonchev–Trinajstić information content (AvgIpc) is 2.04. The SMILES string of the molecule is CC(Cl)(Cc1ccccc1)OC=O. The Balaban J connectivity index is 2.63. The van der Waals surface area contributed by atoms with Gasteiger partial charge in [-0.1, -0.05) is 41.9 Å². The second kappa shape index (κ2) is 4.28. The van der Waals surface area contributed by atoms with E-state index < -0.39 is 5.06 Å². The van der Waals surface area contributed by atoms with Gasteiger partial charge in [0.1, 0.15) is 0 Å². The monoisotopic (exact) mass is 198 g/mol. The smallest absolute Gasteiger partial charge is 0.294 e. The molecule has 0 aliphatic rings. The minimum absolute atomic E-state index is 0.371. The Morgan fingerprint density at radius 3 is 2.62 bits per heavy atom. The predicted octanol–water partition coefficient (Wildman–Crippen LogP) is 2.36. The molecule has 0 aliphatic heterocycles. The molecule has 0 spiro atoms. The van der Waals surface area contributed by atoms with Crippen LogP contribution < -0.4 is 0 Å². The molecule has 13 heavy (non-hydrogen) atoms. The molecule has 1 atom stereocenters. The molecule has 0 heterocycles. The van der Waals surface area contributed by atoms with Gasteiger partial charge < -0.3 is 4.74 Å². The number of rotatable bonds is 4. The van der Waals surface area contributed by atoms with Crippen LogP contribution in [0, 0.1) is 0 Å². The molecule has 2 nitrogen and oxygen atoms in total. The quantitative estimate of drug-likeness (QED) is 0.549. The molecule has 0 fully saturated rings. The molecular weight excluding hydrogens is 188 g/mol. The first-order chi connectivity index (χ1) is 6.14. The number of hydrogen-bond donors (Lipinski definition) is 0. The molecule has 1 rings (SSSR count). The normalized spacial score (nSPS) is 14.6. The van der Waals surface area contributed by atoms with Gasteiger partial charge >= 0.3 is 0 Å². The van der Waals surface area contributed by atoms with Crippen molar-refractivity contribution in [3.63, 3.8) is 0 Å². The number of halogens is 1. The molecule has 0 bridgehead atoms. The summed E-state index contributed by atoms with van der Waals surface area (Å²) in [4.78, 5) is 10.1. The van der Waals surface area contributed by atoms with Crippen LogP contribution in [0.5, 0.6) is 0 Å². The lowest BCUT2D eigenvalue weighted by Crippen LogP contribution is -2.23. The molecule has 70 valence electrons. The summed E-state index contributed by atoms with van der Waals surface area (Å²) in [5.74, 6) is 0. The van der Waals surface area contributed by atoms with Crippen LogP contribution in [0.15, 0.2) is 30.3 Å². The second-order valence-corrected chi connectivity index (χ2v) is 3.78. The van der Waals surface area contributed by atoms with E-state index in [9.17, 15) is 4.79 Å². The highest BCUT2D eigenvalue weighted by molar-refractivity contribution is 6.23. The molecule has 1 aromatic carbocycles. The average molecular weight is 199 g/mol. The van der Waals surface area contributed by atoms with Gasteiger partial charge in [0.15, 0.2) is 5.06 Å².